The molecule has 1 atom stereocenters. The molecular formula is C13H17N5O2S. The number of nitrogens with one attached hydrogen (secondary N) is 4. The van der Waals surface area contributed by atoms with Gasteiger partial charge >= 0.3 is 0 Å². The molecule has 0 aliphatic heterocycles. The number of amides is 1. The number of hydrogen-bond donors (Lipinski definition) is 4. The molecule has 21 heavy (non-hydrogen) atoms. The summed E-state index contributed by atoms with van der Waals surface area (Å²) < 4.78 is 4.99. The molecule has 1 amide bonds. The first kappa shape index (κ1) is 15.2. The fraction of sp³-hybridized carbons (Fsp3) is 0.308. The molecule has 8 heteroatoms. The van der Waals surface area contributed by atoms with Gasteiger partial charge in [-0.2, -0.15) is 5.10 Å². The molecule has 0 unspecified atom stereocenters. The molecular weight excluding hydrogens is 290 g/mol. The van der Waals surface area contributed by atoms with Crippen LogP contribution < -0.4 is 16.2 Å². The van der Waals surface area contributed by atoms with E-state index in [2.05, 4.69) is 26.4 Å². The van der Waals surface area contributed by atoms with E-state index in [1.165, 1.54) is 0 Å². The smallest absolute Gasteiger partial charge is 0.290 e. The van der Waals surface area contributed by atoms with Gasteiger partial charge in [-0.15, -0.1) is 0 Å². The van der Waals surface area contributed by atoms with Crippen LogP contribution in [0.25, 0.3) is 10.9 Å². The molecule has 0 spiro atoms. The third-order valence-corrected chi connectivity index (χ3v) is 2.99. The molecule has 0 saturated carbocycles. The lowest BCUT2D eigenvalue weighted by Gasteiger charge is -2.16. The Labute approximate surface area is 127 Å². The first-order valence-electron chi connectivity index (χ1n) is 6.40. The van der Waals surface area contributed by atoms with Crippen molar-refractivity contribution in [1.29, 1.82) is 0 Å². The number of benzene rings is 1. The van der Waals surface area contributed by atoms with Crippen LogP contribution in [0.2, 0.25) is 0 Å². The molecule has 4 N–H and O–H groups in total. The fourth-order valence-corrected chi connectivity index (χ4v) is 2.11. The molecule has 112 valence electrons. The molecule has 0 aliphatic carbocycles. The van der Waals surface area contributed by atoms with E-state index >= 15 is 0 Å². The summed E-state index contributed by atoms with van der Waals surface area (Å²) in [6.07, 6.45) is 0. The van der Waals surface area contributed by atoms with Gasteiger partial charge in [0.1, 0.15) is 0 Å². The van der Waals surface area contributed by atoms with Gasteiger partial charge in [-0.3, -0.25) is 20.7 Å². The Balaban J connectivity index is 1.91. The lowest BCUT2D eigenvalue weighted by molar-refractivity contribution is 0.0940. The van der Waals surface area contributed by atoms with Crippen LogP contribution in [-0.4, -0.2) is 41.0 Å². The number of aromatic amines is 1. The summed E-state index contributed by atoms with van der Waals surface area (Å²) in [6.45, 7) is 2.43. The van der Waals surface area contributed by atoms with Gasteiger partial charge in [0.2, 0.25) is 0 Å². The molecule has 2 rings (SSSR count). The van der Waals surface area contributed by atoms with E-state index in [0.29, 0.717) is 17.4 Å². The Kier molecular flexibility index (Phi) is 5.07. The number of fused-ring (bicyclic) bond motifs is 1. The van der Waals surface area contributed by atoms with Crippen molar-refractivity contribution in [2.75, 3.05) is 13.7 Å². The number of H-pyrrole nitrogens is 1. The van der Waals surface area contributed by atoms with E-state index in [-0.39, 0.29) is 11.9 Å². The standard InChI is InChI=1S/C13H17N5O2S/c1-8(7-20-2)14-13(21)18-17-12(19)11-9-5-3-4-6-10(9)15-16-11/h3-6,8H,7H2,1-2H3,(H,15,16)(H,17,19)(H2,14,18,21)/t8-/m0/s1. The van der Waals surface area contributed by atoms with Gasteiger partial charge in [0, 0.05) is 18.5 Å². The zero-order valence-corrected chi connectivity index (χ0v) is 12.6. The van der Waals surface area contributed by atoms with Crippen molar-refractivity contribution in [2.24, 2.45) is 0 Å². The molecule has 0 aliphatic rings. The maximum absolute atomic E-state index is 12.1. The number of hydrazine groups is 1. The summed E-state index contributed by atoms with van der Waals surface area (Å²) in [6, 6.07) is 7.44. The first-order valence-corrected chi connectivity index (χ1v) is 6.81. The van der Waals surface area contributed by atoms with E-state index in [1.807, 2.05) is 31.2 Å². The van der Waals surface area contributed by atoms with Gasteiger partial charge in [0.15, 0.2) is 10.8 Å². The van der Waals surface area contributed by atoms with Crippen molar-refractivity contribution in [1.82, 2.24) is 26.4 Å². The molecule has 7 nitrogen and oxygen atoms in total. The van der Waals surface area contributed by atoms with Crippen molar-refractivity contribution >= 4 is 34.1 Å². The maximum atomic E-state index is 12.1. The molecule has 1 aromatic carbocycles. The van der Waals surface area contributed by atoms with Crippen LogP contribution in [0.5, 0.6) is 0 Å². The number of ether oxygens (including phenoxy) is 1. The van der Waals surface area contributed by atoms with Gasteiger partial charge in [0.25, 0.3) is 5.91 Å². The molecule has 0 bridgehead atoms. The Morgan fingerprint density at radius 2 is 2.19 bits per heavy atom. The van der Waals surface area contributed by atoms with Crippen LogP contribution in [0.3, 0.4) is 0 Å². The van der Waals surface area contributed by atoms with Gasteiger partial charge in [0.05, 0.1) is 12.1 Å². The normalized spacial score (nSPS) is 11.9. The van der Waals surface area contributed by atoms with Crippen LogP contribution in [0.15, 0.2) is 24.3 Å². The highest BCUT2D eigenvalue weighted by Crippen LogP contribution is 2.14. The second-order valence-electron chi connectivity index (χ2n) is 4.53. The maximum Gasteiger partial charge on any atom is 0.290 e. The number of methoxy groups -OCH3 is 1. The van der Waals surface area contributed by atoms with Gasteiger partial charge in [-0.25, -0.2) is 0 Å². The number of aromatic nitrogens is 2. The first-order chi connectivity index (χ1) is 10.1. The predicted molar refractivity (Wildman–Crippen MR) is 83.8 cm³/mol. The number of hydrogen-bond acceptors (Lipinski definition) is 4. The zero-order chi connectivity index (χ0) is 15.2. The summed E-state index contributed by atoms with van der Waals surface area (Å²) in [5.41, 5.74) is 6.26. The largest absolute Gasteiger partial charge is 0.383 e. The molecule has 0 saturated heterocycles. The van der Waals surface area contributed by atoms with Crippen LogP contribution >= 0.6 is 12.2 Å². The second-order valence-corrected chi connectivity index (χ2v) is 4.94. The minimum absolute atomic E-state index is 0.0399. The van der Waals surface area contributed by atoms with Crippen molar-refractivity contribution in [3.05, 3.63) is 30.0 Å². The van der Waals surface area contributed by atoms with Gasteiger partial charge < -0.3 is 10.1 Å². The number of nitrogens with zero attached hydrogens (tertiary/aromatic N) is 1. The lowest BCUT2D eigenvalue weighted by Crippen LogP contribution is -2.50. The van der Waals surface area contributed by atoms with Crippen LogP contribution in [0.1, 0.15) is 17.4 Å². The number of para-hydroxylation sites is 1. The number of carbonyl (C=O) groups excluding carboxylic acids is 1. The Bertz CT molecular complexity index is 642. The molecule has 1 aromatic heterocycles. The number of rotatable bonds is 4. The number of carbonyl (C=O) groups is 1. The summed E-state index contributed by atoms with van der Waals surface area (Å²) >= 11 is 5.07. The molecule has 0 radical (unpaired) electrons. The van der Waals surface area contributed by atoms with E-state index in [4.69, 9.17) is 17.0 Å². The average molecular weight is 307 g/mol. The highest BCUT2D eigenvalue weighted by atomic mass is 32.1. The SMILES string of the molecule is COC[C@H](C)NC(=S)NNC(=O)c1n[nH]c2ccccc12. The van der Waals surface area contributed by atoms with Gasteiger partial charge in [-0.05, 0) is 25.2 Å². The van der Waals surface area contributed by atoms with Crippen LogP contribution in [0.4, 0.5) is 0 Å². The monoisotopic (exact) mass is 307 g/mol. The van der Waals surface area contributed by atoms with Crippen LogP contribution in [-0.2, 0) is 4.74 Å². The minimum Gasteiger partial charge on any atom is -0.383 e. The van der Waals surface area contributed by atoms with Gasteiger partial charge in [-0.1, -0.05) is 18.2 Å². The third kappa shape index (κ3) is 3.89. The molecule has 2 aromatic rings. The topological polar surface area (TPSA) is 91.1 Å². The summed E-state index contributed by atoms with van der Waals surface area (Å²) in [4.78, 5) is 12.1. The number of thiocarbonyl (C=S) groups is 1. The summed E-state index contributed by atoms with van der Waals surface area (Å²) in [5, 5.41) is 10.8. The average Bonchev–Trinajstić information content (AvgIpc) is 2.89. The van der Waals surface area contributed by atoms with Crippen molar-refractivity contribution < 1.29 is 9.53 Å². The van der Waals surface area contributed by atoms with Crippen molar-refractivity contribution in [2.45, 2.75) is 13.0 Å². The molecule has 0 fully saturated rings. The van der Waals surface area contributed by atoms with Crippen LogP contribution in [0, 0.1) is 0 Å². The van der Waals surface area contributed by atoms with E-state index < -0.39 is 0 Å². The Hall–Kier alpha value is -2.19. The minimum atomic E-state index is -0.365. The highest BCUT2D eigenvalue weighted by Gasteiger charge is 2.13. The van der Waals surface area contributed by atoms with Crippen molar-refractivity contribution in [3.8, 4) is 0 Å². The second kappa shape index (κ2) is 7.00. The van der Waals surface area contributed by atoms with E-state index in [9.17, 15) is 4.79 Å². The lowest BCUT2D eigenvalue weighted by atomic mass is 10.2. The zero-order valence-electron chi connectivity index (χ0n) is 11.8. The summed E-state index contributed by atoms with van der Waals surface area (Å²) in [7, 11) is 1.61. The van der Waals surface area contributed by atoms with E-state index in [1.54, 1.807) is 7.11 Å². The van der Waals surface area contributed by atoms with Crippen molar-refractivity contribution in [3.63, 3.8) is 0 Å². The quantitative estimate of drug-likeness (QED) is 0.491. The third-order valence-electron chi connectivity index (χ3n) is 2.77. The Morgan fingerprint density at radius 1 is 1.43 bits per heavy atom. The highest BCUT2D eigenvalue weighted by molar-refractivity contribution is 7.80. The fourth-order valence-electron chi connectivity index (χ4n) is 1.86. The predicted octanol–water partition coefficient (Wildman–Crippen LogP) is 0.707. The summed E-state index contributed by atoms with van der Waals surface area (Å²) in [5.74, 6) is -0.365. The van der Waals surface area contributed by atoms with E-state index in [0.717, 1.165) is 10.9 Å². The molecule has 1 heterocycles. The Morgan fingerprint density at radius 3 is 2.95 bits per heavy atom.